The standard InChI is InChI=1S/C23H20N2O4/c1-3-28-17-8-5-15(6-9-17)22(27)24-16-7-10-20(26)18(13-16)23-25-19-12-14(2)4-11-21(19)29-23/h4-13,26H,3H2,1-2H3,(H,24,27). The second-order valence-electron chi connectivity index (χ2n) is 6.63. The van der Waals surface area contributed by atoms with Gasteiger partial charge in [-0.1, -0.05) is 6.07 Å². The smallest absolute Gasteiger partial charge is 0.255 e. The van der Waals surface area contributed by atoms with Crippen molar-refractivity contribution in [1.82, 2.24) is 4.98 Å². The van der Waals surface area contributed by atoms with E-state index in [1.54, 1.807) is 36.4 Å². The number of ether oxygens (including phenoxy) is 1. The van der Waals surface area contributed by atoms with Gasteiger partial charge < -0.3 is 19.6 Å². The summed E-state index contributed by atoms with van der Waals surface area (Å²) in [5.74, 6) is 0.757. The van der Waals surface area contributed by atoms with Gasteiger partial charge in [-0.05, 0) is 74.0 Å². The number of phenolic OH excluding ortho intramolecular Hbond substituents is 1. The number of amides is 1. The van der Waals surface area contributed by atoms with Crippen molar-refractivity contribution in [3.63, 3.8) is 0 Å². The fourth-order valence-electron chi connectivity index (χ4n) is 3.01. The Morgan fingerprint density at radius 1 is 1.10 bits per heavy atom. The number of phenols is 1. The number of benzene rings is 3. The molecule has 6 heteroatoms. The fraction of sp³-hybridized carbons (Fsp3) is 0.130. The van der Waals surface area contributed by atoms with Crippen molar-refractivity contribution < 1.29 is 19.1 Å². The van der Waals surface area contributed by atoms with Crippen LogP contribution in [0, 0.1) is 6.92 Å². The predicted octanol–water partition coefficient (Wildman–Crippen LogP) is 5.16. The summed E-state index contributed by atoms with van der Waals surface area (Å²) >= 11 is 0. The van der Waals surface area contributed by atoms with Gasteiger partial charge in [0.15, 0.2) is 5.58 Å². The number of hydrogen-bond donors (Lipinski definition) is 2. The molecule has 3 aromatic carbocycles. The number of carbonyl (C=O) groups is 1. The molecule has 4 rings (SSSR count). The maximum atomic E-state index is 12.5. The number of rotatable bonds is 5. The van der Waals surface area contributed by atoms with E-state index in [1.807, 2.05) is 32.0 Å². The lowest BCUT2D eigenvalue weighted by atomic mass is 10.1. The lowest BCUT2D eigenvalue weighted by Gasteiger charge is -2.08. The van der Waals surface area contributed by atoms with Gasteiger partial charge in [0.05, 0.1) is 12.2 Å². The first kappa shape index (κ1) is 18.6. The van der Waals surface area contributed by atoms with Gasteiger partial charge in [-0.25, -0.2) is 4.98 Å². The second-order valence-corrected chi connectivity index (χ2v) is 6.63. The van der Waals surface area contributed by atoms with Crippen LogP contribution in [0.2, 0.25) is 0 Å². The summed E-state index contributed by atoms with van der Waals surface area (Å²) in [5.41, 5.74) is 3.84. The zero-order chi connectivity index (χ0) is 20.4. The Labute approximate surface area is 167 Å². The number of oxazole rings is 1. The summed E-state index contributed by atoms with van der Waals surface area (Å²) in [5, 5.41) is 13.1. The minimum absolute atomic E-state index is 0.0207. The topological polar surface area (TPSA) is 84.6 Å². The fourth-order valence-corrected chi connectivity index (χ4v) is 3.01. The van der Waals surface area contributed by atoms with Crippen LogP contribution in [0.3, 0.4) is 0 Å². The van der Waals surface area contributed by atoms with Crippen molar-refractivity contribution in [1.29, 1.82) is 0 Å². The molecule has 29 heavy (non-hydrogen) atoms. The lowest BCUT2D eigenvalue weighted by molar-refractivity contribution is 0.102. The first-order valence-electron chi connectivity index (χ1n) is 9.28. The van der Waals surface area contributed by atoms with E-state index in [4.69, 9.17) is 9.15 Å². The maximum absolute atomic E-state index is 12.5. The number of aromatic hydroxyl groups is 1. The Hall–Kier alpha value is -3.80. The van der Waals surface area contributed by atoms with E-state index in [2.05, 4.69) is 10.3 Å². The third kappa shape index (κ3) is 3.91. The van der Waals surface area contributed by atoms with E-state index in [1.165, 1.54) is 6.07 Å². The van der Waals surface area contributed by atoms with Crippen molar-refractivity contribution in [3.8, 4) is 23.0 Å². The number of aromatic nitrogens is 1. The monoisotopic (exact) mass is 388 g/mol. The van der Waals surface area contributed by atoms with Gasteiger partial charge in [-0.2, -0.15) is 0 Å². The molecule has 0 spiro atoms. The third-order valence-corrected chi connectivity index (χ3v) is 4.46. The Morgan fingerprint density at radius 3 is 2.66 bits per heavy atom. The Bertz CT molecular complexity index is 1180. The highest BCUT2D eigenvalue weighted by Crippen LogP contribution is 2.33. The molecule has 0 aliphatic rings. The Morgan fingerprint density at radius 2 is 1.90 bits per heavy atom. The Kier molecular flexibility index (Phi) is 4.91. The third-order valence-electron chi connectivity index (χ3n) is 4.46. The molecule has 0 atom stereocenters. The highest BCUT2D eigenvalue weighted by molar-refractivity contribution is 6.04. The van der Waals surface area contributed by atoms with Crippen molar-refractivity contribution in [2.24, 2.45) is 0 Å². The van der Waals surface area contributed by atoms with Gasteiger partial charge in [0.2, 0.25) is 5.89 Å². The average Bonchev–Trinajstić information content (AvgIpc) is 3.13. The molecular formula is C23H20N2O4. The van der Waals surface area contributed by atoms with E-state index in [0.29, 0.717) is 46.2 Å². The van der Waals surface area contributed by atoms with Crippen molar-refractivity contribution >= 4 is 22.7 Å². The molecule has 146 valence electrons. The van der Waals surface area contributed by atoms with Crippen molar-refractivity contribution in [2.45, 2.75) is 13.8 Å². The molecule has 1 amide bonds. The molecule has 0 radical (unpaired) electrons. The minimum Gasteiger partial charge on any atom is -0.507 e. The number of hydrogen-bond acceptors (Lipinski definition) is 5. The van der Waals surface area contributed by atoms with E-state index < -0.39 is 0 Å². The first-order chi connectivity index (χ1) is 14.0. The molecule has 0 fully saturated rings. The van der Waals surface area contributed by atoms with Crippen LogP contribution in [0.1, 0.15) is 22.8 Å². The van der Waals surface area contributed by atoms with Crippen LogP contribution in [0.15, 0.2) is 65.1 Å². The van der Waals surface area contributed by atoms with Gasteiger partial charge in [-0.3, -0.25) is 4.79 Å². The zero-order valence-corrected chi connectivity index (χ0v) is 16.1. The van der Waals surface area contributed by atoms with E-state index in [-0.39, 0.29) is 11.7 Å². The van der Waals surface area contributed by atoms with Crippen LogP contribution in [-0.4, -0.2) is 22.6 Å². The molecule has 0 aliphatic heterocycles. The molecule has 0 bridgehead atoms. The molecule has 4 aromatic rings. The van der Waals surface area contributed by atoms with Gasteiger partial charge in [-0.15, -0.1) is 0 Å². The molecule has 0 unspecified atom stereocenters. The minimum atomic E-state index is -0.266. The molecule has 0 saturated carbocycles. The van der Waals surface area contributed by atoms with Crippen LogP contribution in [0.25, 0.3) is 22.6 Å². The zero-order valence-electron chi connectivity index (χ0n) is 16.1. The van der Waals surface area contributed by atoms with E-state index >= 15 is 0 Å². The lowest BCUT2D eigenvalue weighted by Crippen LogP contribution is -2.11. The summed E-state index contributed by atoms with van der Waals surface area (Å²) in [6, 6.07) is 17.4. The van der Waals surface area contributed by atoms with Gasteiger partial charge >= 0.3 is 0 Å². The number of nitrogens with one attached hydrogen (secondary N) is 1. The molecule has 6 nitrogen and oxygen atoms in total. The van der Waals surface area contributed by atoms with Gasteiger partial charge in [0, 0.05) is 11.3 Å². The normalized spacial score (nSPS) is 10.8. The van der Waals surface area contributed by atoms with E-state index in [0.717, 1.165) is 5.56 Å². The van der Waals surface area contributed by atoms with Crippen LogP contribution in [0.4, 0.5) is 5.69 Å². The first-order valence-corrected chi connectivity index (χ1v) is 9.28. The summed E-state index contributed by atoms with van der Waals surface area (Å²) in [6.07, 6.45) is 0. The SMILES string of the molecule is CCOc1ccc(C(=O)Nc2ccc(O)c(-c3nc4cc(C)ccc4o3)c2)cc1. The molecular weight excluding hydrogens is 368 g/mol. The number of carbonyl (C=O) groups excluding carboxylic acids is 1. The highest BCUT2D eigenvalue weighted by Gasteiger charge is 2.15. The van der Waals surface area contributed by atoms with Crippen LogP contribution in [-0.2, 0) is 0 Å². The average molecular weight is 388 g/mol. The van der Waals surface area contributed by atoms with Gasteiger partial charge in [0.1, 0.15) is 17.0 Å². The van der Waals surface area contributed by atoms with Crippen LogP contribution in [0.5, 0.6) is 11.5 Å². The summed E-state index contributed by atoms with van der Waals surface area (Å²) in [4.78, 5) is 17.0. The number of nitrogens with zero attached hydrogens (tertiary/aromatic N) is 1. The van der Waals surface area contributed by atoms with E-state index in [9.17, 15) is 9.90 Å². The molecule has 0 saturated heterocycles. The molecule has 2 N–H and O–H groups in total. The summed E-state index contributed by atoms with van der Waals surface area (Å²) < 4.78 is 11.2. The predicted molar refractivity (Wildman–Crippen MR) is 111 cm³/mol. The molecule has 1 heterocycles. The quantitative estimate of drug-likeness (QED) is 0.461. The molecule has 0 aliphatic carbocycles. The second kappa shape index (κ2) is 7.67. The summed E-state index contributed by atoms with van der Waals surface area (Å²) in [6.45, 7) is 4.45. The van der Waals surface area contributed by atoms with Crippen LogP contribution < -0.4 is 10.1 Å². The Balaban J connectivity index is 1.59. The largest absolute Gasteiger partial charge is 0.507 e. The van der Waals surface area contributed by atoms with Crippen molar-refractivity contribution in [3.05, 3.63) is 71.8 Å². The molecule has 1 aromatic heterocycles. The van der Waals surface area contributed by atoms with Crippen molar-refractivity contribution in [2.75, 3.05) is 11.9 Å². The maximum Gasteiger partial charge on any atom is 0.255 e. The number of anilines is 1. The number of fused-ring (bicyclic) bond motifs is 1. The highest BCUT2D eigenvalue weighted by atomic mass is 16.5. The van der Waals surface area contributed by atoms with Crippen LogP contribution >= 0.6 is 0 Å². The number of aryl methyl sites for hydroxylation is 1. The van der Waals surface area contributed by atoms with Gasteiger partial charge in [0.25, 0.3) is 5.91 Å². The summed E-state index contributed by atoms with van der Waals surface area (Å²) in [7, 11) is 0.